The van der Waals surface area contributed by atoms with Crippen LogP contribution in [0.2, 0.25) is 0 Å². The maximum absolute atomic E-state index is 12.3. The van der Waals surface area contributed by atoms with Crippen LogP contribution in [0.4, 0.5) is 0 Å². The molecule has 2 N–H and O–H groups in total. The minimum atomic E-state index is -0.440. The first-order chi connectivity index (χ1) is 19.7. The fourth-order valence-corrected chi connectivity index (χ4v) is 5.72. The molecule has 0 fully saturated rings. The Morgan fingerprint density at radius 3 is 2.00 bits per heavy atom. The largest absolute Gasteiger partial charge is 0.463 e. The third-order valence-electron chi connectivity index (χ3n) is 8.47. The van der Waals surface area contributed by atoms with Gasteiger partial charge in [0.15, 0.2) is 0 Å². The number of aliphatic hydroxyl groups excluding tert-OH is 1. The zero-order chi connectivity index (χ0) is 30.7. The molecule has 6 heteroatoms. The molecule has 0 bridgehead atoms. The normalized spacial score (nSPS) is 15.4. The predicted molar refractivity (Wildman–Crippen MR) is 174 cm³/mol. The van der Waals surface area contributed by atoms with Gasteiger partial charge < -0.3 is 24.9 Å². The highest BCUT2D eigenvalue weighted by Crippen LogP contribution is 2.20. The van der Waals surface area contributed by atoms with Crippen LogP contribution in [0.3, 0.4) is 0 Å². The fraction of sp³-hybridized carbons (Fsp3) is 0.943. The van der Waals surface area contributed by atoms with Crippen LogP contribution in [0.25, 0.3) is 0 Å². The van der Waals surface area contributed by atoms with Crippen LogP contribution in [-0.2, 0) is 14.3 Å². The van der Waals surface area contributed by atoms with E-state index in [4.69, 9.17) is 4.74 Å². The van der Waals surface area contributed by atoms with Gasteiger partial charge in [0.2, 0.25) is 0 Å². The van der Waals surface area contributed by atoms with Gasteiger partial charge in [-0.1, -0.05) is 98.3 Å². The first-order valence-electron chi connectivity index (χ1n) is 17.5. The van der Waals surface area contributed by atoms with Crippen LogP contribution < -0.4 is 5.32 Å². The topological polar surface area (TPSA) is 78.9 Å². The van der Waals surface area contributed by atoms with Crippen LogP contribution >= 0.6 is 0 Å². The van der Waals surface area contributed by atoms with Gasteiger partial charge in [0.25, 0.3) is 0 Å². The second-order valence-electron chi connectivity index (χ2n) is 13.0. The van der Waals surface area contributed by atoms with Crippen molar-refractivity contribution in [3.63, 3.8) is 0 Å². The Kier molecular flexibility index (Phi) is 27.2. The van der Waals surface area contributed by atoms with E-state index in [9.17, 15) is 14.7 Å². The number of aldehydes is 1. The average Bonchev–Trinajstić information content (AvgIpc) is 2.93. The van der Waals surface area contributed by atoms with Crippen molar-refractivity contribution in [3.05, 3.63) is 0 Å². The van der Waals surface area contributed by atoms with Crippen LogP contribution in [0, 0.1) is 11.8 Å². The molecule has 0 saturated heterocycles. The molecular formula is C35H70N2O4. The molecule has 0 aromatic carbocycles. The molecule has 244 valence electrons. The number of carbonyl (C=O) groups is 2. The van der Waals surface area contributed by atoms with Crippen molar-refractivity contribution in [1.82, 2.24) is 10.2 Å². The van der Waals surface area contributed by atoms with Crippen LogP contribution in [0.15, 0.2) is 0 Å². The smallest absolute Gasteiger partial charge is 0.306 e. The third kappa shape index (κ3) is 25.3. The standard InChI is InChI=1S/C35H70N2O4/c1-7-9-11-13-19-30(3)20-17-21-31(4)27-37(26-16-15-23-33(29-38)36-6)28-34(39)24-18-25-35(40)41-32(5)22-14-12-10-8-2/h29-34,36,39H,7-28H2,1-6H3. The van der Waals surface area contributed by atoms with Gasteiger partial charge in [-0.2, -0.15) is 0 Å². The summed E-state index contributed by atoms with van der Waals surface area (Å²) in [6.07, 6.45) is 21.3. The van der Waals surface area contributed by atoms with Crippen LogP contribution in [0.5, 0.6) is 0 Å². The summed E-state index contributed by atoms with van der Waals surface area (Å²) in [5.41, 5.74) is 0. The highest BCUT2D eigenvalue weighted by Gasteiger charge is 2.17. The zero-order valence-electron chi connectivity index (χ0n) is 28.1. The lowest BCUT2D eigenvalue weighted by Crippen LogP contribution is -2.36. The molecule has 0 spiro atoms. The third-order valence-corrected chi connectivity index (χ3v) is 8.47. The minimum absolute atomic E-state index is 0.0213. The van der Waals surface area contributed by atoms with Crippen molar-refractivity contribution < 1.29 is 19.4 Å². The lowest BCUT2D eigenvalue weighted by Gasteiger charge is -2.28. The molecule has 6 nitrogen and oxygen atoms in total. The molecule has 0 aromatic rings. The SMILES string of the molecule is CCCCCCC(C)CCCC(C)CN(CCCCC(C=O)NC)CC(O)CCCC(=O)OC(C)CCCCCC. The lowest BCUT2D eigenvalue weighted by atomic mass is 9.94. The van der Waals surface area contributed by atoms with Crippen LogP contribution in [0.1, 0.15) is 157 Å². The number of hydrogen-bond acceptors (Lipinski definition) is 6. The Bertz CT molecular complexity index is 603. The van der Waals surface area contributed by atoms with Gasteiger partial charge in [-0.15, -0.1) is 0 Å². The molecule has 0 aliphatic heterocycles. The van der Waals surface area contributed by atoms with E-state index in [0.29, 0.717) is 31.7 Å². The van der Waals surface area contributed by atoms with E-state index in [0.717, 1.165) is 57.4 Å². The molecule has 0 amide bonds. The Balaban J connectivity index is 4.53. The van der Waals surface area contributed by atoms with E-state index in [1.54, 1.807) is 0 Å². The summed E-state index contributed by atoms with van der Waals surface area (Å²) in [6, 6.07) is -0.0734. The van der Waals surface area contributed by atoms with Crippen molar-refractivity contribution in [2.24, 2.45) is 11.8 Å². The molecular weight excluding hydrogens is 512 g/mol. The summed E-state index contributed by atoms with van der Waals surface area (Å²) in [5, 5.41) is 13.9. The zero-order valence-corrected chi connectivity index (χ0v) is 28.1. The van der Waals surface area contributed by atoms with E-state index in [-0.39, 0.29) is 18.1 Å². The summed E-state index contributed by atoms with van der Waals surface area (Å²) < 4.78 is 5.58. The van der Waals surface area contributed by atoms with E-state index >= 15 is 0 Å². The Labute approximate surface area is 255 Å². The number of unbranched alkanes of at least 4 members (excludes halogenated alkanes) is 7. The van der Waals surface area contributed by atoms with Crippen molar-refractivity contribution >= 4 is 12.3 Å². The van der Waals surface area contributed by atoms with Gasteiger partial charge in [0.05, 0.1) is 18.2 Å². The van der Waals surface area contributed by atoms with Gasteiger partial charge in [-0.25, -0.2) is 0 Å². The van der Waals surface area contributed by atoms with E-state index < -0.39 is 6.10 Å². The first kappa shape index (κ1) is 40.0. The molecule has 0 radical (unpaired) electrons. The summed E-state index contributed by atoms with van der Waals surface area (Å²) >= 11 is 0. The second kappa shape index (κ2) is 27.8. The van der Waals surface area contributed by atoms with Crippen molar-refractivity contribution in [2.75, 3.05) is 26.7 Å². The number of nitrogens with zero attached hydrogens (tertiary/aromatic N) is 1. The van der Waals surface area contributed by atoms with Crippen LogP contribution in [-0.4, -0.2) is 67.2 Å². The Morgan fingerprint density at radius 1 is 0.756 bits per heavy atom. The minimum Gasteiger partial charge on any atom is -0.463 e. The summed E-state index contributed by atoms with van der Waals surface area (Å²) in [7, 11) is 1.83. The predicted octanol–water partition coefficient (Wildman–Crippen LogP) is 8.09. The number of aliphatic hydroxyl groups is 1. The number of hydrogen-bond donors (Lipinski definition) is 2. The first-order valence-corrected chi connectivity index (χ1v) is 17.5. The number of likely N-dealkylation sites (N-methyl/N-ethyl adjacent to an activating group) is 1. The average molecular weight is 583 g/mol. The highest BCUT2D eigenvalue weighted by molar-refractivity contribution is 5.69. The lowest BCUT2D eigenvalue weighted by molar-refractivity contribution is -0.148. The number of carbonyl (C=O) groups excluding carboxylic acids is 2. The van der Waals surface area contributed by atoms with E-state index in [1.807, 2.05) is 14.0 Å². The number of nitrogens with one attached hydrogen (secondary N) is 1. The van der Waals surface area contributed by atoms with Gasteiger partial charge in [0, 0.05) is 19.5 Å². The quantitative estimate of drug-likeness (QED) is 0.0506. The van der Waals surface area contributed by atoms with Crippen molar-refractivity contribution in [1.29, 1.82) is 0 Å². The fourth-order valence-electron chi connectivity index (χ4n) is 5.72. The molecule has 0 saturated carbocycles. The molecule has 0 rings (SSSR count). The van der Waals surface area contributed by atoms with E-state index in [2.05, 4.69) is 37.9 Å². The van der Waals surface area contributed by atoms with Gasteiger partial charge >= 0.3 is 5.97 Å². The van der Waals surface area contributed by atoms with Gasteiger partial charge in [-0.05, 0) is 77.3 Å². The summed E-state index contributed by atoms with van der Waals surface area (Å²) in [6.45, 7) is 13.8. The van der Waals surface area contributed by atoms with Gasteiger partial charge in [-0.3, -0.25) is 4.79 Å². The maximum atomic E-state index is 12.3. The number of esters is 1. The number of rotatable bonds is 30. The van der Waals surface area contributed by atoms with E-state index in [1.165, 1.54) is 70.6 Å². The Morgan fingerprint density at radius 2 is 1.37 bits per heavy atom. The highest BCUT2D eigenvalue weighted by atomic mass is 16.5. The van der Waals surface area contributed by atoms with Gasteiger partial charge in [0.1, 0.15) is 6.29 Å². The molecule has 5 atom stereocenters. The molecule has 5 unspecified atom stereocenters. The van der Waals surface area contributed by atoms with Crippen molar-refractivity contribution in [2.45, 2.75) is 175 Å². The molecule has 41 heavy (non-hydrogen) atoms. The molecule has 0 aliphatic carbocycles. The second-order valence-corrected chi connectivity index (χ2v) is 13.0. The Hall–Kier alpha value is -0.980. The summed E-state index contributed by atoms with van der Waals surface area (Å²) in [5.74, 6) is 1.26. The molecule has 0 aliphatic rings. The molecule has 0 heterocycles. The number of ether oxygens (including phenoxy) is 1. The van der Waals surface area contributed by atoms with Crippen molar-refractivity contribution in [3.8, 4) is 0 Å². The summed E-state index contributed by atoms with van der Waals surface area (Å²) in [4.78, 5) is 25.8. The monoisotopic (exact) mass is 583 g/mol. The maximum Gasteiger partial charge on any atom is 0.306 e. The molecule has 0 aromatic heterocycles.